The first-order valence-electron chi connectivity index (χ1n) is 9.15. The lowest BCUT2D eigenvalue weighted by Gasteiger charge is -2.20. The third-order valence-corrected chi connectivity index (χ3v) is 4.85. The van der Waals surface area contributed by atoms with Crippen LogP contribution in [0.2, 0.25) is 5.02 Å². The lowest BCUT2D eigenvalue weighted by atomic mass is 9.98. The van der Waals surface area contributed by atoms with E-state index in [9.17, 15) is 4.79 Å². The van der Waals surface area contributed by atoms with Crippen LogP contribution in [0.25, 0.3) is 0 Å². The maximum atomic E-state index is 12.2. The van der Waals surface area contributed by atoms with Crippen molar-refractivity contribution in [1.82, 2.24) is 5.32 Å². The maximum absolute atomic E-state index is 12.2. The second kappa shape index (κ2) is 9.00. The predicted molar refractivity (Wildman–Crippen MR) is 105 cm³/mol. The summed E-state index contributed by atoms with van der Waals surface area (Å²) in [5, 5.41) is 3.33. The van der Waals surface area contributed by atoms with E-state index in [0.29, 0.717) is 42.2 Å². The molecule has 1 heterocycles. The second-order valence-corrected chi connectivity index (χ2v) is 6.92. The molecule has 3 rings (SSSR count). The molecule has 0 aromatic heterocycles. The first kappa shape index (κ1) is 19.4. The monoisotopic (exact) mass is 389 g/mol. The number of rotatable bonds is 7. The van der Waals surface area contributed by atoms with E-state index in [-0.39, 0.29) is 12.5 Å². The number of carbonyl (C=O) groups is 1. The van der Waals surface area contributed by atoms with Gasteiger partial charge in [0.25, 0.3) is 5.91 Å². The summed E-state index contributed by atoms with van der Waals surface area (Å²) in [4.78, 5) is 12.2. The Hall–Kier alpha value is -2.40. The van der Waals surface area contributed by atoms with Gasteiger partial charge in [-0.3, -0.25) is 4.79 Å². The van der Waals surface area contributed by atoms with Crippen molar-refractivity contribution in [2.24, 2.45) is 0 Å². The summed E-state index contributed by atoms with van der Waals surface area (Å²) in [5.41, 5.74) is 1.96. The van der Waals surface area contributed by atoms with E-state index in [1.165, 1.54) is 0 Å². The minimum atomic E-state index is -0.194. The Balaban J connectivity index is 1.56. The van der Waals surface area contributed by atoms with Crippen LogP contribution in [0.5, 0.6) is 17.2 Å². The number of benzene rings is 2. The lowest BCUT2D eigenvalue weighted by molar-refractivity contribution is -0.123. The van der Waals surface area contributed by atoms with Gasteiger partial charge in [-0.15, -0.1) is 0 Å². The Morgan fingerprint density at radius 2 is 2.04 bits per heavy atom. The van der Waals surface area contributed by atoms with E-state index in [1.54, 1.807) is 6.07 Å². The fourth-order valence-electron chi connectivity index (χ4n) is 2.90. The van der Waals surface area contributed by atoms with E-state index >= 15 is 0 Å². The van der Waals surface area contributed by atoms with E-state index in [2.05, 4.69) is 19.2 Å². The van der Waals surface area contributed by atoms with E-state index in [0.717, 1.165) is 23.3 Å². The molecule has 1 atom stereocenters. The molecule has 0 saturated heterocycles. The Morgan fingerprint density at radius 1 is 1.26 bits per heavy atom. The van der Waals surface area contributed by atoms with Gasteiger partial charge in [-0.05, 0) is 41.7 Å². The predicted octanol–water partition coefficient (Wildman–Crippen LogP) is 4.32. The van der Waals surface area contributed by atoms with Gasteiger partial charge in [-0.2, -0.15) is 0 Å². The van der Waals surface area contributed by atoms with Gasteiger partial charge in [0.05, 0.1) is 5.02 Å². The Bertz CT molecular complexity index is 809. The van der Waals surface area contributed by atoms with Crippen molar-refractivity contribution in [3.05, 3.63) is 52.5 Å². The molecule has 1 amide bonds. The van der Waals surface area contributed by atoms with E-state index in [4.69, 9.17) is 25.8 Å². The summed E-state index contributed by atoms with van der Waals surface area (Å²) in [6.07, 6.45) is 1.01. The molecule has 1 unspecified atom stereocenters. The third-order valence-electron chi connectivity index (χ3n) is 4.57. The van der Waals surface area contributed by atoms with Crippen LogP contribution in [0.1, 0.15) is 37.3 Å². The SMILES string of the molecule is CCC(C)c1ccccc1OCC(=O)NCc1cc(Cl)c2c(c1)OCCO2. The summed E-state index contributed by atoms with van der Waals surface area (Å²) in [5.74, 6) is 2.10. The highest BCUT2D eigenvalue weighted by Crippen LogP contribution is 2.38. The van der Waals surface area contributed by atoms with Crippen molar-refractivity contribution < 1.29 is 19.0 Å². The first-order chi connectivity index (χ1) is 13.1. The van der Waals surface area contributed by atoms with Gasteiger partial charge in [0, 0.05) is 6.54 Å². The molecule has 0 bridgehead atoms. The number of ether oxygens (including phenoxy) is 3. The Morgan fingerprint density at radius 3 is 2.85 bits per heavy atom. The molecular weight excluding hydrogens is 366 g/mol. The number of halogens is 1. The lowest BCUT2D eigenvalue weighted by Crippen LogP contribution is -2.28. The molecule has 0 radical (unpaired) electrons. The molecule has 2 aromatic rings. The van der Waals surface area contributed by atoms with Gasteiger partial charge in [-0.25, -0.2) is 0 Å². The zero-order valence-corrected chi connectivity index (χ0v) is 16.3. The molecule has 2 aromatic carbocycles. The molecule has 0 spiro atoms. The number of fused-ring (bicyclic) bond motifs is 1. The van der Waals surface area contributed by atoms with Crippen LogP contribution >= 0.6 is 11.6 Å². The van der Waals surface area contributed by atoms with Gasteiger partial charge in [0.1, 0.15) is 19.0 Å². The fourth-order valence-corrected chi connectivity index (χ4v) is 3.19. The molecule has 0 saturated carbocycles. The zero-order chi connectivity index (χ0) is 19.2. The van der Waals surface area contributed by atoms with Crippen molar-refractivity contribution in [1.29, 1.82) is 0 Å². The molecular formula is C21H24ClNO4. The highest BCUT2D eigenvalue weighted by Gasteiger charge is 2.17. The molecule has 27 heavy (non-hydrogen) atoms. The zero-order valence-electron chi connectivity index (χ0n) is 15.6. The Labute approximate surface area is 164 Å². The number of carbonyl (C=O) groups excluding carboxylic acids is 1. The van der Waals surface area contributed by atoms with Crippen LogP contribution in [0.4, 0.5) is 0 Å². The number of para-hydroxylation sites is 1. The van der Waals surface area contributed by atoms with Crippen molar-refractivity contribution in [2.45, 2.75) is 32.7 Å². The van der Waals surface area contributed by atoms with Crippen LogP contribution in [0.3, 0.4) is 0 Å². The minimum absolute atomic E-state index is 0.0360. The third kappa shape index (κ3) is 4.86. The maximum Gasteiger partial charge on any atom is 0.258 e. The van der Waals surface area contributed by atoms with Crippen molar-refractivity contribution in [3.63, 3.8) is 0 Å². The topological polar surface area (TPSA) is 56.8 Å². The molecule has 5 nitrogen and oxygen atoms in total. The van der Waals surface area contributed by atoms with Crippen molar-refractivity contribution >= 4 is 17.5 Å². The summed E-state index contributed by atoms with van der Waals surface area (Å²) in [6, 6.07) is 11.4. The van der Waals surface area contributed by atoms with Crippen molar-refractivity contribution in [3.8, 4) is 17.2 Å². The van der Waals surface area contributed by atoms with Gasteiger partial charge in [-0.1, -0.05) is 43.6 Å². The standard InChI is InChI=1S/C21H24ClNO4/c1-3-14(2)16-6-4-5-7-18(16)27-13-20(24)23-12-15-10-17(22)21-19(11-15)25-8-9-26-21/h4-7,10-11,14H,3,8-9,12-13H2,1-2H3,(H,23,24). The van der Waals surface area contributed by atoms with Gasteiger partial charge >= 0.3 is 0 Å². The number of hydrogen-bond acceptors (Lipinski definition) is 4. The molecule has 1 aliphatic heterocycles. The molecule has 0 aliphatic carbocycles. The molecule has 0 fully saturated rings. The fraction of sp³-hybridized carbons (Fsp3) is 0.381. The van der Waals surface area contributed by atoms with Crippen LogP contribution in [-0.4, -0.2) is 25.7 Å². The molecule has 1 N–H and O–H groups in total. The minimum Gasteiger partial charge on any atom is -0.486 e. The molecule has 6 heteroatoms. The number of nitrogens with one attached hydrogen (secondary N) is 1. The average molecular weight is 390 g/mol. The summed E-state index contributed by atoms with van der Waals surface area (Å²) < 4.78 is 16.8. The summed E-state index contributed by atoms with van der Waals surface area (Å²) in [6.45, 7) is 5.55. The number of hydrogen-bond donors (Lipinski definition) is 1. The highest BCUT2D eigenvalue weighted by molar-refractivity contribution is 6.32. The summed E-state index contributed by atoms with van der Waals surface area (Å²) >= 11 is 6.22. The van der Waals surface area contributed by atoms with Crippen molar-refractivity contribution in [2.75, 3.05) is 19.8 Å². The Kier molecular flexibility index (Phi) is 6.45. The van der Waals surface area contributed by atoms with Crippen LogP contribution in [0.15, 0.2) is 36.4 Å². The van der Waals surface area contributed by atoms with Crippen LogP contribution in [0, 0.1) is 0 Å². The van der Waals surface area contributed by atoms with Gasteiger partial charge in [0.2, 0.25) is 0 Å². The van der Waals surface area contributed by atoms with Gasteiger partial charge < -0.3 is 19.5 Å². The largest absolute Gasteiger partial charge is 0.486 e. The molecule has 1 aliphatic rings. The van der Waals surface area contributed by atoms with Crippen LogP contribution < -0.4 is 19.5 Å². The van der Waals surface area contributed by atoms with E-state index < -0.39 is 0 Å². The first-order valence-corrected chi connectivity index (χ1v) is 9.52. The molecule has 144 valence electrons. The van der Waals surface area contributed by atoms with E-state index in [1.807, 2.05) is 30.3 Å². The smallest absolute Gasteiger partial charge is 0.258 e. The quantitative estimate of drug-likeness (QED) is 0.766. The van der Waals surface area contributed by atoms with Crippen LogP contribution in [-0.2, 0) is 11.3 Å². The average Bonchev–Trinajstić information content (AvgIpc) is 2.70. The highest BCUT2D eigenvalue weighted by atomic mass is 35.5. The van der Waals surface area contributed by atoms with Gasteiger partial charge in [0.15, 0.2) is 18.1 Å². The number of amides is 1. The second-order valence-electron chi connectivity index (χ2n) is 6.51. The summed E-state index contributed by atoms with van der Waals surface area (Å²) in [7, 11) is 0. The normalized spacial score (nSPS) is 13.7.